The molecule has 0 saturated carbocycles. The van der Waals surface area contributed by atoms with Crippen molar-refractivity contribution >= 4 is 29.2 Å². The molecule has 0 aromatic heterocycles. The summed E-state index contributed by atoms with van der Waals surface area (Å²) in [5.41, 5.74) is 0. The van der Waals surface area contributed by atoms with E-state index in [4.69, 9.17) is 4.43 Å². The quantitative estimate of drug-likeness (QED) is 0.539. The molecule has 0 atom stereocenters. The van der Waals surface area contributed by atoms with E-state index < -0.39 is 34.0 Å². The molecule has 7 nitrogen and oxygen atoms in total. The first-order valence-corrected chi connectivity index (χ1v) is 9.04. The van der Waals surface area contributed by atoms with Gasteiger partial charge in [-0.15, -0.1) is 0 Å². The third kappa shape index (κ3) is 5.04. The van der Waals surface area contributed by atoms with E-state index in [1.807, 2.05) is 0 Å². The van der Waals surface area contributed by atoms with Gasteiger partial charge < -0.3 is 13.3 Å². The van der Waals surface area contributed by atoms with Crippen LogP contribution in [-0.2, 0) is 33.0 Å². The Morgan fingerprint density at radius 2 is 1.27 bits per heavy atom. The van der Waals surface area contributed by atoms with Crippen molar-refractivity contribution in [1.82, 2.24) is 0 Å². The second-order valence-corrected chi connectivity index (χ2v) is 9.11. The molecule has 0 aliphatic rings. The number of rotatable bonds is 6. The van der Waals surface area contributed by atoms with E-state index in [1.165, 1.54) is 14.2 Å². The van der Waals surface area contributed by atoms with Crippen molar-refractivity contribution in [2.24, 2.45) is 0 Å². The molecule has 0 aromatic carbocycles. The highest BCUT2D eigenvalue weighted by Gasteiger charge is 2.35. The highest BCUT2D eigenvalue weighted by molar-refractivity contribution is 8.08. The van der Waals surface area contributed by atoms with Gasteiger partial charge in [0.15, 0.2) is 19.7 Å². The van der Waals surface area contributed by atoms with Gasteiger partial charge in [-0.2, -0.15) is 0 Å². The van der Waals surface area contributed by atoms with Crippen LogP contribution < -0.4 is 0 Å². The molecule has 0 aromatic rings. The van der Waals surface area contributed by atoms with Crippen LogP contribution in [0.25, 0.3) is 0 Å². The highest BCUT2D eigenvalue weighted by atomic mass is 32.3. The molecular weight excluding hydrogens is 264 g/mol. The van der Waals surface area contributed by atoms with Crippen LogP contribution in [0.2, 0.25) is 0 Å². The average Bonchev–Trinajstić information content (AvgIpc) is 2.01. The van der Waals surface area contributed by atoms with Gasteiger partial charge in [-0.05, 0) is 0 Å². The highest BCUT2D eigenvalue weighted by Crippen LogP contribution is 2.11. The lowest BCUT2D eigenvalue weighted by atomic mass is 11.7. The molecule has 0 rings (SSSR count). The molecule has 0 amide bonds. The maximum Gasteiger partial charge on any atom is 0.485 e. The number of hydrogen-bond donors (Lipinski definition) is 0. The Morgan fingerprint density at radius 3 is 1.47 bits per heavy atom. The Bertz CT molecular complexity index is 350. The molecule has 15 heavy (non-hydrogen) atoms. The van der Waals surface area contributed by atoms with Crippen LogP contribution in [0, 0.1) is 0 Å². The van der Waals surface area contributed by atoms with Crippen molar-refractivity contribution < 1.29 is 30.1 Å². The minimum atomic E-state index is -3.87. The summed E-state index contributed by atoms with van der Waals surface area (Å²) in [7, 11) is -7.95. The van der Waals surface area contributed by atoms with E-state index in [2.05, 4.69) is 8.85 Å². The van der Waals surface area contributed by atoms with Crippen LogP contribution in [0.5, 0.6) is 0 Å². The molecule has 0 fully saturated rings. The first-order chi connectivity index (χ1) is 6.62. The standard InChI is InChI=1S/C5H14O7S2Si/c1-10-15(11-2)12-5(13(3,6)7)14(4,8)9/h5,15H,1-4H3. The monoisotopic (exact) mass is 278 g/mol. The lowest BCUT2D eigenvalue weighted by Crippen LogP contribution is -2.39. The van der Waals surface area contributed by atoms with Crippen LogP contribution in [0.1, 0.15) is 0 Å². The topological polar surface area (TPSA) is 96.0 Å². The molecule has 0 heterocycles. The van der Waals surface area contributed by atoms with Crippen molar-refractivity contribution in [3.05, 3.63) is 0 Å². The van der Waals surface area contributed by atoms with Crippen molar-refractivity contribution in [3.63, 3.8) is 0 Å². The van der Waals surface area contributed by atoms with Crippen molar-refractivity contribution in [1.29, 1.82) is 0 Å². The zero-order valence-corrected chi connectivity index (χ0v) is 11.6. The second-order valence-electron chi connectivity index (χ2n) is 2.84. The van der Waals surface area contributed by atoms with Crippen LogP contribution in [-0.4, -0.2) is 57.9 Å². The third-order valence-electron chi connectivity index (χ3n) is 1.31. The van der Waals surface area contributed by atoms with E-state index in [1.54, 1.807) is 0 Å². The van der Waals surface area contributed by atoms with Gasteiger partial charge in [0.05, 0.1) is 0 Å². The average molecular weight is 278 g/mol. The molecule has 0 N–H and O–H groups in total. The molecule has 0 spiro atoms. The van der Waals surface area contributed by atoms with Gasteiger partial charge in [-0.25, -0.2) is 16.8 Å². The van der Waals surface area contributed by atoms with Gasteiger partial charge >= 0.3 is 9.53 Å². The Hall–Kier alpha value is -0.00312. The summed E-state index contributed by atoms with van der Waals surface area (Å²) in [4.78, 5) is 0. The van der Waals surface area contributed by atoms with E-state index in [0.717, 1.165) is 12.5 Å². The predicted molar refractivity (Wildman–Crippen MR) is 55.7 cm³/mol. The number of hydrogen-bond acceptors (Lipinski definition) is 7. The van der Waals surface area contributed by atoms with Gasteiger partial charge in [0.2, 0.25) is 0 Å². The molecule has 0 saturated heterocycles. The van der Waals surface area contributed by atoms with Crippen molar-refractivity contribution in [3.8, 4) is 0 Å². The largest absolute Gasteiger partial charge is 0.485 e. The fourth-order valence-corrected chi connectivity index (χ4v) is 6.11. The summed E-state index contributed by atoms with van der Waals surface area (Å²) in [6, 6.07) is 0. The maximum atomic E-state index is 11.2. The third-order valence-corrected chi connectivity index (χ3v) is 6.68. The van der Waals surface area contributed by atoms with Gasteiger partial charge in [0.25, 0.3) is 4.77 Å². The summed E-state index contributed by atoms with van der Waals surface area (Å²) in [6.07, 6.45) is 1.55. The van der Waals surface area contributed by atoms with E-state index in [9.17, 15) is 16.8 Å². The molecule has 0 aliphatic heterocycles. The SMILES string of the molecule is CO[SiH](OC)OC(S(C)(=O)=O)S(C)(=O)=O. The Morgan fingerprint density at radius 1 is 0.933 bits per heavy atom. The Labute approximate surface area is 91.1 Å². The maximum absolute atomic E-state index is 11.2. The summed E-state index contributed by atoms with van der Waals surface area (Å²) in [5.74, 6) is 0. The first-order valence-electron chi connectivity index (χ1n) is 3.71. The molecule has 10 heteroatoms. The zero-order valence-electron chi connectivity index (χ0n) is 8.83. The van der Waals surface area contributed by atoms with Crippen molar-refractivity contribution in [2.45, 2.75) is 4.77 Å². The number of sulfone groups is 2. The fourth-order valence-electron chi connectivity index (χ4n) is 0.817. The van der Waals surface area contributed by atoms with Crippen LogP contribution in [0.3, 0.4) is 0 Å². The van der Waals surface area contributed by atoms with E-state index >= 15 is 0 Å². The lowest BCUT2D eigenvalue weighted by Gasteiger charge is -2.18. The van der Waals surface area contributed by atoms with Gasteiger partial charge in [-0.1, -0.05) is 0 Å². The van der Waals surface area contributed by atoms with Crippen LogP contribution in [0.4, 0.5) is 0 Å². The smallest absolute Gasteiger partial charge is 0.379 e. The second kappa shape index (κ2) is 5.36. The summed E-state index contributed by atoms with van der Waals surface area (Å²) >= 11 is 0. The van der Waals surface area contributed by atoms with Crippen LogP contribution >= 0.6 is 0 Å². The van der Waals surface area contributed by atoms with Crippen LogP contribution in [0.15, 0.2) is 0 Å². The van der Waals surface area contributed by atoms with E-state index in [0.29, 0.717) is 0 Å². The lowest BCUT2D eigenvalue weighted by molar-refractivity contribution is 0.143. The fraction of sp³-hybridized carbons (Fsp3) is 1.00. The molecule has 0 unspecified atom stereocenters. The predicted octanol–water partition coefficient (Wildman–Crippen LogP) is -1.61. The summed E-state index contributed by atoms with van der Waals surface area (Å²) in [5, 5.41) is 0. The van der Waals surface area contributed by atoms with Gasteiger partial charge in [0, 0.05) is 26.7 Å². The first kappa shape index (κ1) is 15.0. The Kier molecular flexibility index (Phi) is 5.36. The minimum Gasteiger partial charge on any atom is -0.379 e. The molecule has 0 aliphatic carbocycles. The molecular formula is C5H14O7S2Si. The van der Waals surface area contributed by atoms with Gasteiger partial charge in [0.1, 0.15) is 0 Å². The molecule has 0 radical (unpaired) electrons. The Balaban J connectivity index is 5.01. The molecule has 92 valence electrons. The summed E-state index contributed by atoms with van der Waals surface area (Å²) < 4.78 is 56.8. The van der Waals surface area contributed by atoms with E-state index in [-0.39, 0.29) is 0 Å². The normalized spacial score (nSPS) is 13.7. The summed E-state index contributed by atoms with van der Waals surface area (Å²) in [6.45, 7) is 0. The van der Waals surface area contributed by atoms with Gasteiger partial charge in [-0.3, -0.25) is 0 Å². The minimum absolute atomic E-state index is 0.773. The molecule has 0 bridgehead atoms. The zero-order chi connectivity index (χ0) is 12.3. The van der Waals surface area contributed by atoms with Crippen molar-refractivity contribution in [2.75, 3.05) is 26.7 Å².